The van der Waals surface area contributed by atoms with Gasteiger partial charge < -0.3 is 4.74 Å². The second kappa shape index (κ2) is 6.35. The van der Waals surface area contributed by atoms with Gasteiger partial charge in [0.1, 0.15) is 12.4 Å². The summed E-state index contributed by atoms with van der Waals surface area (Å²) in [4.78, 5) is 0. The maximum absolute atomic E-state index is 13.7. The van der Waals surface area contributed by atoms with Crippen LogP contribution in [-0.2, 0) is 11.9 Å². The number of benzene rings is 2. The van der Waals surface area contributed by atoms with Gasteiger partial charge in [0.25, 0.3) is 0 Å². The number of para-hydroxylation sites is 1. The molecule has 5 heteroatoms. The maximum Gasteiger partial charge on any atom is 0.165 e. The Morgan fingerprint density at radius 1 is 1.11 bits per heavy atom. The summed E-state index contributed by atoms with van der Waals surface area (Å²) in [5, 5.41) is 0.744. The summed E-state index contributed by atoms with van der Waals surface area (Å²) in [6, 6.07) is 8.72. The second-order valence-electron chi connectivity index (χ2n) is 3.89. The van der Waals surface area contributed by atoms with Gasteiger partial charge in [-0.05, 0) is 18.2 Å². The van der Waals surface area contributed by atoms with Crippen LogP contribution in [0.3, 0.4) is 0 Å². The Morgan fingerprint density at radius 3 is 2.58 bits per heavy atom. The Kier molecular flexibility index (Phi) is 4.77. The highest BCUT2D eigenvalue weighted by Gasteiger charge is 2.10. The number of hydrogen-bond acceptors (Lipinski definition) is 1. The zero-order chi connectivity index (χ0) is 13.8. The van der Waals surface area contributed by atoms with Gasteiger partial charge in [0.2, 0.25) is 0 Å². The average Bonchev–Trinajstić information content (AvgIpc) is 2.39. The van der Waals surface area contributed by atoms with Gasteiger partial charge in [-0.25, -0.2) is 8.78 Å². The molecule has 19 heavy (non-hydrogen) atoms. The van der Waals surface area contributed by atoms with Gasteiger partial charge in [-0.3, -0.25) is 0 Å². The Balaban J connectivity index is 2.19. The summed E-state index contributed by atoms with van der Waals surface area (Å²) < 4.78 is 32.0. The fourth-order valence-electron chi connectivity index (χ4n) is 1.61. The van der Waals surface area contributed by atoms with Gasteiger partial charge in [0, 0.05) is 16.5 Å². The summed E-state index contributed by atoms with van der Waals surface area (Å²) in [5.74, 6) is -0.671. The lowest BCUT2D eigenvalue weighted by atomic mass is 10.2. The maximum atomic E-state index is 13.7. The molecule has 0 N–H and O–H groups in total. The molecule has 0 radical (unpaired) electrons. The first-order valence-corrected chi connectivity index (χ1v) is 7.02. The number of alkyl halides is 1. The van der Waals surface area contributed by atoms with Crippen LogP contribution >= 0.6 is 27.5 Å². The third-order valence-electron chi connectivity index (χ3n) is 2.58. The van der Waals surface area contributed by atoms with Crippen LogP contribution in [0.15, 0.2) is 36.4 Å². The van der Waals surface area contributed by atoms with Crippen LogP contribution < -0.4 is 4.74 Å². The number of halogens is 4. The first kappa shape index (κ1) is 14.3. The van der Waals surface area contributed by atoms with Crippen molar-refractivity contribution in [3.05, 3.63) is 64.2 Å². The second-order valence-corrected chi connectivity index (χ2v) is 4.85. The minimum absolute atomic E-state index is 0.0834. The van der Waals surface area contributed by atoms with Crippen molar-refractivity contribution >= 4 is 27.5 Å². The third-order valence-corrected chi connectivity index (χ3v) is 3.54. The zero-order valence-electron chi connectivity index (χ0n) is 9.80. The van der Waals surface area contributed by atoms with Crippen LogP contribution in [0.25, 0.3) is 0 Å². The molecule has 0 aliphatic heterocycles. The molecule has 1 nitrogen and oxygen atoms in total. The molecule has 0 spiro atoms. The van der Waals surface area contributed by atoms with Crippen LogP contribution in [-0.4, -0.2) is 0 Å². The molecule has 0 atom stereocenters. The Hall–Kier alpha value is -1.13. The molecule has 0 saturated carbocycles. The van der Waals surface area contributed by atoms with Crippen LogP contribution in [0, 0.1) is 11.6 Å². The average molecular weight is 348 g/mol. The topological polar surface area (TPSA) is 9.23 Å². The first-order valence-electron chi connectivity index (χ1n) is 5.52. The molecule has 0 heterocycles. The van der Waals surface area contributed by atoms with E-state index in [1.165, 1.54) is 24.3 Å². The summed E-state index contributed by atoms with van der Waals surface area (Å²) in [6.45, 7) is 0.0834. The van der Waals surface area contributed by atoms with Crippen molar-refractivity contribution < 1.29 is 13.5 Å². The Labute approximate surface area is 123 Å². The molecule has 0 aromatic heterocycles. The van der Waals surface area contributed by atoms with Gasteiger partial charge in [0.15, 0.2) is 11.6 Å². The number of rotatable bonds is 4. The van der Waals surface area contributed by atoms with Gasteiger partial charge in [-0.1, -0.05) is 45.7 Å². The highest BCUT2D eigenvalue weighted by Crippen LogP contribution is 2.27. The molecular weight excluding hydrogens is 338 g/mol. The van der Waals surface area contributed by atoms with E-state index in [1.54, 1.807) is 12.1 Å². The van der Waals surface area contributed by atoms with E-state index in [4.69, 9.17) is 16.3 Å². The van der Waals surface area contributed by atoms with Crippen LogP contribution in [0.1, 0.15) is 11.1 Å². The van der Waals surface area contributed by atoms with Crippen molar-refractivity contribution in [2.24, 2.45) is 0 Å². The monoisotopic (exact) mass is 346 g/mol. The standard InChI is InChI=1S/C14H10BrClF2O/c15-7-9-2-1-3-13(18)14(9)19-8-10-4-5-11(17)6-12(10)16/h1-6H,7-8H2. The quantitative estimate of drug-likeness (QED) is 0.700. The predicted molar refractivity (Wildman–Crippen MR) is 74.8 cm³/mol. The molecule has 0 unspecified atom stereocenters. The number of hydrogen-bond donors (Lipinski definition) is 0. The molecule has 2 aromatic rings. The lowest BCUT2D eigenvalue weighted by Gasteiger charge is -2.11. The summed E-state index contributed by atoms with van der Waals surface area (Å²) in [7, 11) is 0. The van der Waals surface area contributed by atoms with Crippen LogP contribution in [0.2, 0.25) is 5.02 Å². The molecular formula is C14H10BrClF2O. The summed E-state index contributed by atoms with van der Waals surface area (Å²) >= 11 is 9.16. The van der Waals surface area contributed by atoms with E-state index < -0.39 is 11.6 Å². The molecule has 0 aliphatic carbocycles. The van der Waals surface area contributed by atoms with Crippen LogP contribution in [0.5, 0.6) is 5.75 Å². The molecule has 0 amide bonds. The van der Waals surface area contributed by atoms with E-state index in [2.05, 4.69) is 15.9 Å². The minimum atomic E-state index is -0.435. The van der Waals surface area contributed by atoms with E-state index >= 15 is 0 Å². The lowest BCUT2D eigenvalue weighted by Crippen LogP contribution is -2.01. The minimum Gasteiger partial charge on any atom is -0.485 e. The molecule has 0 bridgehead atoms. The lowest BCUT2D eigenvalue weighted by molar-refractivity contribution is 0.288. The normalized spacial score (nSPS) is 10.5. The highest BCUT2D eigenvalue weighted by molar-refractivity contribution is 9.08. The van der Waals surface area contributed by atoms with Gasteiger partial charge in [-0.2, -0.15) is 0 Å². The Morgan fingerprint density at radius 2 is 1.89 bits per heavy atom. The fraction of sp³-hybridized carbons (Fsp3) is 0.143. The smallest absolute Gasteiger partial charge is 0.165 e. The highest BCUT2D eigenvalue weighted by atomic mass is 79.9. The van der Waals surface area contributed by atoms with E-state index in [1.807, 2.05) is 0 Å². The number of ether oxygens (including phenoxy) is 1. The summed E-state index contributed by atoms with van der Waals surface area (Å²) in [5.41, 5.74) is 1.31. The first-order chi connectivity index (χ1) is 9.11. The van der Waals surface area contributed by atoms with Crippen molar-refractivity contribution in [3.8, 4) is 5.75 Å². The molecule has 0 saturated heterocycles. The van der Waals surface area contributed by atoms with Crippen molar-refractivity contribution in [1.29, 1.82) is 0 Å². The molecule has 2 rings (SSSR count). The third kappa shape index (κ3) is 3.45. The van der Waals surface area contributed by atoms with Crippen molar-refractivity contribution in [3.63, 3.8) is 0 Å². The predicted octanol–water partition coefficient (Wildman–Crippen LogP) is 5.09. The largest absolute Gasteiger partial charge is 0.485 e. The van der Waals surface area contributed by atoms with Crippen molar-refractivity contribution in [1.82, 2.24) is 0 Å². The van der Waals surface area contributed by atoms with Gasteiger partial charge in [-0.15, -0.1) is 0 Å². The molecule has 0 fully saturated rings. The fourth-order valence-corrected chi connectivity index (χ4v) is 2.27. The SMILES string of the molecule is Fc1ccc(COc2c(F)cccc2CBr)c(Cl)c1. The van der Waals surface area contributed by atoms with Gasteiger partial charge >= 0.3 is 0 Å². The van der Waals surface area contributed by atoms with E-state index in [0.717, 1.165) is 0 Å². The molecule has 0 aliphatic rings. The van der Waals surface area contributed by atoms with E-state index in [9.17, 15) is 8.78 Å². The zero-order valence-corrected chi connectivity index (χ0v) is 12.1. The summed E-state index contributed by atoms with van der Waals surface area (Å²) in [6.07, 6.45) is 0. The van der Waals surface area contributed by atoms with Gasteiger partial charge in [0.05, 0.1) is 5.02 Å². The van der Waals surface area contributed by atoms with Crippen LogP contribution in [0.4, 0.5) is 8.78 Å². The van der Waals surface area contributed by atoms with Crippen molar-refractivity contribution in [2.45, 2.75) is 11.9 Å². The van der Waals surface area contributed by atoms with E-state index in [0.29, 0.717) is 16.5 Å². The molecule has 100 valence electrons. The van der Waals surface area contributed by atoms with Crippen molar-refractivity contribution in [2.75, 3.05) is 0 Å². The van der Waals surface area contributed by atoms with E-state index in [-0.39, 0.29) is 17.4 Å². The Bertz CT molecular complexity index is 590. The molecule has 2 aromatic carbocycles.